The van der Waals surface area contributed by atoms with Gasteiger partial charge in [-0.2, -0.15) is 0 Å². The van der Waals surface area contributed by atoms with Crippen molar-refractivity contribution >= 4 is 24.4 Å². The van der Waals surface area contributed by atoms with Gasteiger partial charge in [-0.25, -0.2) is 0 Å². The Hall–Kier alpha value is -3.09. The number of ether oxygens (including phenoxy) is 3. The summed E-state index contributed by atoms with van der Waals surface area (Å²) in [6.07, 6.45) is -0.145. The molecule has 12 heteroatoms. The summed E-state index contributed by atoms with van der Waals surface area (Å²) >= 11 is 0. The monoisotopic (exact) mass is 564 g/mol. The normalized spacial score (nSPS) is 17.1. The molecule has 1 aliphatic heterocycles. The van der Waals surface area contributed by atoms with Crippen LogP contribution >= 0.6 is 0 Å². The van der Waals surface area contributed by atoms with Gasteiger partial charge in [-0.15, -0.1) is 0 Å². The SMILES string of the molecule is CC(C)(C)OC(=O)CN1CCN(COC=O)Cc2cccc(n2)CN(C(CCC(=O)O)C(=O)OC(C)(C)C)CC1. The second kappa shape index (κ2) is 15.1. The van der Waals surface area contributed by atoms with Crippen LogP contribution in [0, 0.1) is 0 Å². The molecule has 0 radical (unpaired) electrons. The maximum absolute atomic E-state index is 13.3. The van der Waals surface area contributed by atoms with E-state index in [4.69, 9.17) is 19.2 Å². The van der Waals surface area contributed by atoms with E-state index in [0.29, 0.717) is 44.9 Å². The summed E-state index contributed by atoms with van der Waals surface area (Å²) in [4.78, 5) is 58.8. The highest BCUT2D eigenvalue weighted by Crippen LogP contribution is 2.19. The van der Waals surface area contributed by atoms with Crippen LogP contribution in [-0.4, -0.2) is 106 Å². The lowest BCUT2D eigenvalue weighted by molar-refractivity contribution is -0.163. The molecule has 2 bridgehead atoms. The number of nitrogens with zero attached hydrogens (tertiary/aromatic N) is 4. The topological polar surface area (TPSA) is 139 Å². The first kappa shape index (κ1) is 33.1. The molecule has 1 aliphatic rings. The Morgan fingerprint density at radius 3 is 2.15 bits per heavy atom. The van der Waals surface area contributed by atoms with Crippen molar-refractivity contribution in [1.29, 1.82) is 0 Å². The predicted molar refractivity (Wildman–Crippen MR) is 146 cm³/mol. The number of esters is 2. The van der Waals surface area contributed by atoms with Gasteiger partial charge in [0.25, 0.3) is 6.47 Å². The molecule has 0 saturated heterocycles. The molecule has 1 unspecified atom stereocenters. The third-order valence-corrected chi connectivity index (χ3v) is 5.90. The summed E-state index contributed by atoms with van der Waals surface area (Å²) in [5.41, 5.74) is 0.0355. The zero-order valence-electron chi connectivity index (χ0n) is 24.6. The predicted octanol–water partition coefficient (Wildman–Crippen LogP) is 2.05. The fourth-order valence-corrected chi connectivity index (χ4v) is 4.27. The van der Waals surface area contributed by atoms with E-state index in [1.54, 1.807) is 41.5 Å². The van der Waals surface area contributed by atoms with Gasteiger partial charge in [-0.3, -0.25) is 38.9 Å². The Kier molecular flexibility index (Phi) is 12.5. The van der Waals surface area contributed by atoms with E-state index in [9.17, 15) is 24.3 Å². The van der Waals surface area contributed by atoms with E-state index >= 15 is 0 Å². The van der Waals surface area contributed by atoms with Crippen molar-refractivity contribution in [1.82, 2.24) is 19.7 Å². The van der Waals surface area contributed by atoms with Gasteiger partial charge in [0, 0.05) is 45.7 Å². The molecule has 224 valence electrons. The Morgan fingerprint density at radius 2 is 1.55 bits per heavy atom. The highest BCUT2D eigenvalue weighted by molar-refractivity contribution is 5.77. The number of pyridine rings is 1. The fraction of sp³-hybridized carbons (Fsp3) is 0.679. The molecule has 1 aromatic heterocycles. The molecular weight excluding hydrogens is 520 g/mol. The Labute approximate surface area is 236 Å². The van der Waals surface area contributed by atoms with Gasteiger partial charge in [0.05, 0.1) is 17.9 Å². The van der Waals surface area contributed by atoms with Gasteiger partial charge < -0.3 is 19.3 Å². The second-order valence-electron chi connectivity index (χ2n) is 11.9. The third-order valence-electron chi connectivity index (χ3n) is 5.90. The molecule has 40 heavy (non-hydrogen) atoms. The molecule has 2 rings (SSSR count). The van der Waals surface area contributed by atoms with Crippen molar-refractivity contribution in [3.05, 3.63) is 29.6 Å². The van der Waals surface area contributed by atoms with Crippen LogP contribution in [0.15, 0.2) is 18.2 Å². The first-order chi connectivity index (χ1) is 18.6. The number of aromatic nitrogens is 1. The first-order valence-corrected chi connectivity index (χ1v) is 13.5. The molecule has 0 spiro atoms. The number of hydrogen-bond acceptors (Lipinski definition) is 11. The first-order valence-electron chi connectivity index (χ1n) is 13.5. The van der Waals surface area contributed by atoms with Crippen LogP contribution < -0.4 is 0 Å². The minimum atomic E-state index is -1.01. The Morgan fingerprint density at radius 1 is 0.950 bits per heavy atom. The third kappa shape index (κ3) is 12.8. The zero-order chi connectivity index (χ0) is 29.9. The van der Waals surface area contributed by atoms with Crippen molar-refractivity contribution in [3.63, 3.8) is 0 Å². The van der Waals surface area contributed by atoms with Crippen LogP contribution in [0.2, 0.25) is 0 Å². The summed E-state index contributed by atoms with van der Waals surface area (Å²) in [5.74, 6) is -1.90. The van der Waals surface area contributed by atoms with E-state index in [2.05, 4.69) is 0 Å². The van der Waals surface area contributed by atoms with Gasteiger partial charge in [0.2, 0.25) is 0 Å². The molecule has 0 fully saturated rings. The lowest BCUT2D eigenvalue weighted by Gasteiger charge is -2.35. The van der Waals surface area contributed by atoms with Gasteiger partial charge in [0.15, 0.2) is 0 Å². The highest BCUT2D eigenvalue weighted by Gasteiger charge is 2.32. The molecule has 1 atom stereocenters. The second-order valence-corrected chi connectivity index (χ2v) is 11.9. The van der Waals surface area contributed by atoms with E-state index in [1.807, 2.05) is 32.9 Å². The van der Waals surface area contributed by atoms with E-state index in [-0.39, 0.29) is 38.6 Å². The number of carboxylic acids is 1. The summed E-state index contributed by atoms with van der Waals surface area (Å²) in [6.45, 7) is 13.5. The van der Waals surface area contributed by atoms with E-state index in [0.717, 1.165) is 5.69 Å². The number of fused-ring (bicyclic) bond motifs is 2. The molecule has 12 nitrogen and oxygen atoms in total. The van der Waals surface area contributed by atoms with Crippen molar-refractivity contribution in [3.8, 4) is 0 Å². The van der Waals surface area contributed by atoms with Crippen molar-refractivity contribution in [2.24, 2.45) is 0 Å². The van der Waals surface area contributed by atoms with Gasteiger partial charge in [-0.1, -0.05) is 6.07 Å². The van der Waals surface area contributed by atoms with Crippen LogP contribution in [0.3, 0.4) is 0 Å². The molecule has 1 aromatic rings. The lowest BCUT2D eigenvalue weighted by atomic mass is 10.1. The van der Waals surface area contributed by atoms with E-state index in [1.165, 1.54) is 0 Å². The standard InChI is InChI=1S/C28H44N4O8/c1-27(2,3)39-25(36)18-30-12-13-31(19-38-20-33)16-21-8-7-9-22(29-21)17-32(15-14-30)23(10-11-24(34)35)26(37)40-28(4,5)6/h7-9,20,23H,10-19H2,1-6H3,(H,34,35). The summed E-state index contributed by atoms with van der Waals surface area (Å²) in [6, 6.07) is 4.75. The molecule has 0 aromatic carbocycles. The zero-order valence-corrected chi connectivity index (χ0v) is 24.6. The van der Waals surface area contributed by atoms with Crippen LogP contribution in [-0.2, 0) is 46.5 Å². The van der Waals surface area contributed by atoms with Gasteiger partial charge in [0.1, 0.15) is 24.0 Å². The number of aliphatic carboxylic acids is 1. The molecule has 0 aliphatic carbocycles. The molecule has 1 N–H and O–H groups in total. The highest BCUT2D eigenvalue weighted by atomic mass is 16.6. The molecule has 0 saturated carbocycles. The van der Waals surface area contributed by atoms with Gasteiger partial charge in [-0.05, 0) is 60.1 Å². The van der Waals surface area contributed by atoms with Crippen molar-refractivity contribution in [2.75, 3.05) is 39.5 Å². The smallest absolute Gasteiger partial charge is 0.323 e. The number of carboxylic acid groups (broad SMARTS) is 1. The maximum atomic E-state index is 13.3. The lowest BCUT2D eigenvalue weighted by Crippen LogP contribution is -2.49. The van der Waals surface area contributed by atoms with Gasteiger partial charge >= 0.3 is 17.9 Å². The quantitative estimate of drug-likeness (QED) is 0.253. The number of hydrogen-bond donors (Lipinski definition) is 1. The van der Waals surface area contributed by atoms with Crippen molar-refractivity contribution < 1.29 is 38.5 Å². The molecule has 2 heterocycles. The number of rotatable bonds is 10. The van der Waals surface area contributed by atoms with Crippen LogP contribution in [0.1, 0.15) is 65.8 Å². The number of carbonyl (C=O) groups excluding carboxylic acids is 3. The van der Waals surface area contributed by atoms with Crippen LogP contribution in [0.25, 0.3) is 0 Å². The molecule has 0 amide bonds. The average molecular weight is 565 g/mol. The fourth-order valence-electron chi connectivity index (χ4n) is 4.27. The summed E-state index contributed by atoms with van der Waals surface area (Å²) < 4.78 is 16.2. The maximum Gasteiger partial charge on any atom is 0.323 e. The Bertz CT molecular complexity index is 1000. The summed E-state index contributed by atoms with van der Waals surface area (Å²) in [5, 5.41) is 9.38. The van der Waals surface area contributed by atoms with Crippen LogP contribution in [0.5, 0.6) is 0 Å². The van der Waals surface area contributed by atoms with E-state index < -0.39 is 29.2 Å². The minimum Gasteiger partial charge on any atom is -0.481 e. The summed E-state index contributed by atoms with van der Waals surface area (Å²) in [7, 11) is 0. The number of carbonyl (C=O) groups is 4. The molecular formula is C28H44N4O8. The van der Waals surface area contributed by atoms with Crippen molar-refractivity contribution in [2.45, 2.75) is 84.7 Å². The van der Waals surface area contributed by atoms with Crippen LogP contribution in [0.4, 0.5) is 0 Å². The largest absolute Gasteiger partial charge is 0.481 e. The average Bonchev–Trinajstić information content (AvgIpc) is 2.80. The Balaban J connectivity index is 2.42. The minimum absolute atomic E-state index is 0.0171.